The molecule has 3 heterocycles. The molecule has 0 amide bonds. The number of ether oxygens (including phenoxy) is 3. The smallest absolute Gasteiger partial charge is 0.545 e. The number of Topliss-reactive ketones (excluding diaryl/α,β-unsaturated/α-hetero) is 2. The molecular weight excluding hydrogens is 585 g/mol. The summed E-state index contributed by atoms with van der Waals surface area (Å²) in [7, 11) is 3.33. The van der Waals surface area contributed by atoms with Crippen molar-refractivity contribution in [1.29, 1.82) is 0 Å². The molecule has 3 aromatic carbocycles. The number of hydrogen-bond donors (Lipinski definition) is 1. The number of aromatic carboxylic acids is 1. The van der Waals surface area contributed by atoms with Crippen LogP contribution in [0.2, 0.25) is 0 Å². The minimum atomic E-state index is -1.29. The van der Waals surface area contributed by atoms with E-state index in [0.717, 1.165) is 5.56 Å². The largest absolute Gasteiger partial charge is 1.00 e. The number of nitrogens with zero attached hydrogens (tertiary/aromatic N) is 2. The van der Waals surface area contributed by atoms with E-state index in [0.29, 0.717) is 66.5 Å². The average Bonchev–Trinajstić information content (AvgIpc) is 3.46. The van der Waals surface area contributed by atoms with Crippen molar-refractivity contribution >= 4 is 17.5 Å². The van der Waals surface area contributed by atoms with Gasteiger partial charge in [0.15, 0.2) is 11.6 Å². The van der Waals surface area contributed by atoms with Gasteiger partial charge in [-0.3, -0.25) is 14.3 Å². The van der Waals surface area contributed by atoms with E-state index in [9.17, 15) is 19.5 Å². The number of fused-ring (bicyclic) bond motifs is 1. The normalized spacial score (nSPS) is 16.7. The van der Waals surface area contributed by atoms with Crippen LogP contribution in [0.1, 0.15) is 50.8 Å². The molecule has 2 aliphatic heterocycles. The first kappa shape index (κ1) is 32.4. The van der Waals surface area contributed by atoms with E-state index in [-0.39, 0.29) is 57.8 Å². The minimum absolute atomic E-state index is 0. The Labute approximate surface area is 283 Å². The number of rotatable bonds is 8. The van der Waals surface area contributed by atoms with Gasteiger partial charge in [0.1, 0.15) is 28.8 Å². The SMILES string of the molecule is CCOc1cc(C(=O)[C@@H]2C(=O)c3cc(-c4cccc(C(=O)[O-])c4)ccc3OC23CCNCC3)cc(OC)c1-c1cnn(C)c1.[Na+]. The maximum Gasteiger partial charge on any atom is 1.00 e. The summed E-state index contributed by atoms with van der Waals surface area (Å²) in [6, 6.07) is 14.8. The van der Waals surface area contributed by atoms with Crippen LogP contribution in [0.25, 0.3) is 22.3 Å². The summed E-state index contributed by atoms with van der Waals surface area (Å²) < 4.78 is 20.0. The molecule has 0 radical (unpaired) electrons. The van der Waals surface area contributed by atoms with Crippen LogP contribution in [-0.4, -0.2) is 59.7 Å². The summed E-state index contributed by atoms with van der Waals surface area (Å²) in [5, 5.41) is 19.0. The molecule has 10 nitrogen and oxygen atoms in total. The summed E-state index contributed by atoms with van der Waals surface area (Å²) in [5.74, 6) is -1.87. The summed E-state index contributed by atoms with van der Waals surface area (Å²) in [6.07, 6.45) is 4.46. The molecule has 1 N–H and O–H groups in total. The van der Waals surface area contributed by atoms with E-state index >= 15 is 0 Å². The maximum atomic E-state index is 14.5. The molecule has 0 bridgehead atoms. The quantitative estimate of drug-likeness (QED) is 0.173. The molecule has 45 heavy (non-hydrogen) atoms. The molecule has 6 rings (SSSR count). The number of carbonyl (C=O) groups excluding carboxylic acids is 3. The maximum absolute atomic E-state index is 14.5. The van der Waals surface area contributed by atoms with Crippen LogP contribution in [-0.2, 0) is 7.05 Å². The fraction of sp³-hybridized carbons (Fsp3) is 0.294. The summed E-state index contributed by atoms with van der Waals surface area (Å²) >= 11 is 0. The topological polar surface area (TPSA) is 132 Å². The van der Waals surface area contributed by atoms with Crippen molar-refractivity contribution in [2.75, 3.05) is 26.8 Å². The molecule has 1 atom stereocenters. The second-order valence-electron chi connectivity index (χ2n) is 11.0. The Hall–Kier alpha value is -3.96. The van der Waals surface area contributed by atoms with Crippen molar-refractivity contribution in [3.63, 3.8) is 0 Å². The van der Waals surface area contributed by atoms with Crippen LogP contribution in [0.3, 0.4) is 0 Å². The van der Waals surface area contributed by atoms with Gasteiger partial charge in [0.25, 0.3) is 0 Å². The summed E-state index contributed by atoms with van der Waals surface area (Å²) in [4.78, 5) is 40.4. The Bertz CT molecular complexity index is 1780. The molecule has 1 aromatic heterocycles. The molecule has 0 saturated carbocycles. The van der Waals surface area contributed by atoms with E-state index in [1.165, 1.54) is 19.2 Å². The van der Waals surface area contributed by atoms with Crippen molar-refractivity contribution in [2.45, 2.75) is 25.4 Å². The van der Waals surface area contributed by atoms with Crippen molar-refractivity contribution < 1.29 is 63.3 Å². The van der Waals surface area contributed by atoms with Gasteiger partial charge < -0.3 is 29.4 Å². The number of nitrogens with one attached hydrogen (secondary N) is 1. The van der Waals surface area contributed by atoms with Crippen molar-refractivity contribution in [1.82, 2.24) is 15.1 Å². The summed E-state index contributed by atoms with van der Waals surface area (Å²) in [5.41, 5.74) is 2.19. The number of benzene rings is 3. The van der Waals surface area contributed by atoms with Crippen LogP contribution < -0.4 is 54.2 Å². The number of methoxy groups -OCH3 is 1. The minimum Gasteiger partial charge on any atom is -0.545 e. The first-order valence-corrected chi connectivity index (χ1v) is 14.5. The molecule has 4 aromatic rings. The monoisotopic (exact) mass is 617 g/mol. The molecule has 11 heteroatoms. The van der Waals surface area contributed by atoms with E-state index in [2.05, 4.69) is 10.4 Å². The fourth-order valence-corrected chi connectivity index (χ4v) is 6.25. The van der Waals surface area contributed by atoms with Gasteiger partial charge in [-0.2, -0.15) is 5.10 Å². The van der Waals surface area contributed by atoms with Gasteiger partial charge in [-0.05, 0) is 67.0 Å². The van der Waals surface area contributed by atoms with Crippen LogP contribution >= 0.6 is 0 Å². The van der Waals surface area contributed by atoms with Crippen LogP contribution in [0.15, 0.2) is 67.0 Å². The molecule has 1 fully saturated rings. The Morgan fingerprint density at radius 1 is 1.04 bits per heavy atom. The van der Waals surface area contributed by atoms with E-state index in [1.54, 1.807) is 53.3 Å². The van der Waals surface area contributed by atoms with E-state index in [4.69, 9.17) is 14.2 Å². The second kappa shape index (κ2) is 13.2. The Morgan fingerprint density at radius 3 is 2.44 bits per heavy atom. The zero-order chi connectivity index (χ0) is 31.0. The standard InChI is InChI=1S/C34H33N3O7.Na/c1-4-43-28-17-23(16-27(42-3)29(28)24-18-36-37(2)19-24)31(38)30-32(39)25-15-21(20-6-5-7-22(14-20)33(40)41)8-9-26(25)44-34(30)10-12-35-13-11-34;/h5-9,14-19,30,35H,4,10-13H2,1-3H3,(H,40,41);/q;+1/p-1/t30-;/m1./s1. The third kappa shape index (κ3) is 6.03. The number of piperidine rings is 1. The van der Waals surface area contributed by atoms with Crippen LogP contribution in [0.4, 0.5) is 0 Å². The fourth-order valence-electron chi connectivity index (χ4n) is 6.25. The van der Waals surface area contributed by atoms with Crippen LogP contribution in [0.5, 0.6) is 17.2 Å². The van der Waals surface area contributed by atoms with Gasteiger partial charge in [0.2, 0.25) is 0 Å². The zero-order valence-corrected chi connectivity index (χ0v) is 27.7. The number of carbonyl (C=O) groups is 3. The van der Waals surface area contributed by atoms with Gasteiger partial charge in [-0.15, -0.1) is 0 Å². The number of hydrogen-bond acceptors (Lipinski definition) is 9. The first-order valence-electron chi connectivity index (χ1n) is 14.5. The summed E-state index contributed by atoms with van der Waals surface area (Å²) in [6.45, 7) is 3.39. The number of carboxylic acid groups (broad SMARTS) is 1. The zero-order valence-electron chi connectivity index (χ0n) is 25.7. The average molecular weight is 618 g/mol. The molecular formula is C34H32N3NaO7. The molecule has 0 unspecified atom stereocenters. The predicted molar refractivity (Wildman–Crippen MR) is 160 cm³/mol. The molecule has 226 valence electrons. The number of ketones is 2. The number of aryl methyl sites for hydroxylation is 1. The molecule has 1 saturated heterocycles. The van der Waals surface area contributed by atoms with Gasteiger partial charge in [0.05, 0.1) is 37.0 Å². The van der Waals surface area contributed by atoms with Crippen molar-refractivity contribution in [3.05, 3.63) is 83.7 Å². The van der Waals surface area contributed by atoms with E-state index < -0.39 is 17.5 Å². The van der Waals surface area contributed by atoms with Gasteiger partial charge in [0, 0.05) is 37.2 Å². The first-order chi connectivity index (χ1) is 21.2. The Kier molecular flexibility index (Phi) is 9.50. The van der Waals surface area contributed by atoms with Crippen molar-refractivity contribution in [3.8, 4) is 39.5 Å². The third-order valence-corrected chi connectivity index (χ3v) is 8.35. The van der Waals surface area contributed by atoms with Gasteiger partial charge >= 0.3 is 29.6 Å². The molecule has 2 aliphatic rings. The van der Waals surface area contributed by atoms with Gasteiger partial charge in [-0.25, -0.2) is 0 Å². The van der Waals surface area contributed by atoms with E-state index in [1.807, 2.05) is 20.2 Å². The van der Waals surface area contributed by atoms with Crippen LogP contribution in [0, 0.1) is 5.92 Å². The van der Waals surface area contributed by atoms with Gasteiger partial charge in [-0.1, -0.05) is 24.3 Å². The molecule has 0 aliphatic carbocycles. The number of aromatic nitrogens is 2. The second-order valence-corrected chi connectivity index (χ2v) is 11.0. The number of carboxylic acids is 1. The predicted octanol–water partition coefficient (Wildman–Crippen LogP) is 0.725. The molecule has 1 spiro atoms. The third-order valence-electron chi connectivity index (χ3n) is 8.35. The Morgan fingerprint density at radius 2 is 1.78 bits per heavy atom. The van der Waals surface area contributed by atoms with Crippen molar-refractivity contribution in [2.24, 2.45) is 13.0 Å². The Balaban J connectivity index is 0.00000400.